The molecule has 0 unspecified atom stereocenters. The number of nitrogens with zero attached hydrogens (tertiary/aromatic N) is 1. The van der Waals surface area contributed by atoms with E-state index in [1.54, 1.807) is 12.3 Å². The molecule has 1 heterocycles. The van der Waals surface area contributed by atoms with Gasteiger partial charge in [0.2, 0.25) is 0 Å². The van der Waals surface area contributed by atoms with Crippen LogP contribution >= 0.6 is 0 Å². The van der Waals surface area contributed by atoms with E-state index in [2.05, 4.69) is 4.98 Å². The summed E-state index contributed by atoms with van der Waals surface area (Å²) in [6.07, 6.45) is 4.87. The van der Waals surface area contributed by atoms with Gasteiger partial charge < -0.3 is 9.47 Å². The summed E-state index contributed by atoms with van der Waals surface area (Å²) < 4.78 is 10.8. The highest BCUT2D eigenvalue weighted by Gasteiger charge is 2.02. The monoisotopic (exact) mass is 333 g/mol. The average molecular weight is 333 g/mol. The summed E-state index contributed by atoms with van der Waals surface area (Å²) in [6, 6.07) is 17.4. The Balaban J connectivity index is 1.52. The molecule has 4 heteroatoms. The summed E-state index contributed by atoms with van der Waals surface area (Å²) in [7, 11) is 0. The zero-order valence-corrected chi connectivity index (χ0v) is 14.0. The highest BCUT2D eigenvalue weighted by Crippen LogP contribution is 2.17. The van der Waals surface area contributed by atoms with E-state index < -0.39 is 5.97 Å². The number of benzene rings is 2. The molecule has 2 aromatic carbocycles. The second-order valence-corrected chi connectivity index (χ2v) is 5.54. The molecule has 0 spiro atoms. The summed E-state index contributed by atoms with van der Waals surface area (Å²) in [5.74, 6) is 0.400. The molecule has 0 aliphatic rings. The predicted octanol–water partition coefficient (Wildman–Crippen LogP) is 4.18. The fourth-order valence-electron chi connectivity index (χ4n) is 2.48. The van der Waals surface area contributed by atoms with Crippen molar-refractivity contribution < 1.29 is 14.3 Å². The number of ether oxygens (including phenoxy) is 2. The molecule has 0 bridgehead atoms. The maximum atomic E-state index is 11.8. The molecule has 126 valence electrons. The lowest BCUT2D eigenvalue weighted by Crippen LogP contribution is -2.10. The van der Waals surface area contributed by atoms with Crippen molar-refractivity contribution in [1.29, 1.82) is 0 Å². The molecule has 3 aromatic rings. The molecule has 0 atom stereocenters. The smallest absolute Gasteiger partial charge is 0.330 e. The van der Waals surface area contributed by atoms with Crippen LogP contribution in [0, 0.1) is 6.92 Å². The Labute approximate surface area is 146 Å². The quantitative estimate of drug-likeness (QED) is 0.386. The van der Waals surface area contributed by atoms with E-state index in [-0.39, 0.29) is 6.61 Å². The lowest BCUT2D eigenvalue weighted by molar-refractivity contribution is -0.138. The molecular formula is C21H19NO3. The summed E-state index contributed by atoms with van der Waals surface area (Å²) in [6.45, 7) is 2.49. The maximum absolute atomic E-state index is 11.8. The van der Waals surface area contributed by atoms with Gasteiger partial charge in [-0.25, -0.2) is 4.79 Å². The second-order valence-electron chi connectivity index (χ2n) is 5.54. The molecule has 0 N–H and O–H groups in total. The number of para-hydroxylation sites is 2. The topological polar surface area (TPSA) is 48.4 Å². The summed E-state index contributed by atoms with van der Waals surface area (Å²) in [4.78, 5) is 16.2. The number of fused-ring (bicyclic) bond motifs is 1. The fraction of sp³-hybridized carbons (Fsp3) is 0.143. The Kier molecular flexibility index (Phi) is 5.42. The van der Waals surface area contributed by atoms with Gasteiger partial charge in [-0.2, -0.15) is 0 Å². The van der Waals surface area contributed by atoms with Crippen LogP contribution in [0.15, 0.2) is 66.9 Å². The number of aryl methyl sites for hydroxylation is 1. The lowest BCUT2D eigenvalue weighted by Gasteiger charge is -2.08. The number of pyridine rings is 1. The largest absolute Gasteiger partial charge is 0.490 e. The van der Waals surface area contributed by atoms with Gasteiger partial charge in [-0.1, -0.05) is 42.5 Å². The number of aromatic nitrogens is 1. The first-order valence-electron chi connectivity index (χ1n) is 8.11. The third-order valence-electron chi connectivity index (χ3n) is 3.74. The Morgan fingerprint density at radius 3 is 2.76 bits per heavy atom. The molecule has 0 aliphatic heterocycles. The Bertz CT molecular complexity index is 897. The average Bonchev–Trinajstić information content (AvgIpc) is 2.65. The number of hydrogen-bond donors (Lipinski definition) is 0. The number of hydrogen-bond acceptors (Lipinski definition) is 4. The maximum Gasteiger partial charge on any atom is 0.330 e. The number of carbonyl (C=O) groups excluding carboxylic acids is 1. The third kappa shape index (κ3) is 4.44. The van der Waals surface area contributed by atoms with Crippen molar-refractivity contribution in [1.82, 2.24) is 4.98 Å². The van der Waals surface area contributed by atoms with Crippen LogP contribution in [0.5, 0.6) is 5.75 Å². The summed E-state index contributed by atoms with van der Waals surface area (Å²) >= 11 is 0. The fourth-order valence-corrected chi connectivity index (χ4v) is 2.48. The molecule has 25 heavy (non-hydrogen) atoms. The molecule has 0 radical (unpaired) electrons. The molecule has 0 aliphatic carbocycles. The van der Waals surface area contributed by atoms with Crippen molar-refractivity contribution >= 4 is 22.9 Å². The minimum atomic E-state index is -0.402. The Morgan fingerprint density at radius 1 is 1.04 bits per heavy atom. The first kappa shape index (κ1) is 16.7. The van der Waals surface area contributed by atoms with Crippen LogP contribution in [-0.4, -0.2) is 24.2 Å². The zero-order valence-electron chi connectivity index (χ0n) is 14.0. The molecule has 0 saturated heterocycles. The SMILES string of the molecule is Cc1ccccc1OCCOC(=O)/C=C/c1cccc2cccnc12. The van der Waals surface area contributed by atoms with Crippen molar-refractivity contribution in [3.05, 3.63) is 78.0 Å². The van der Waals surface area contributed by atoms with Crippen LogP contribution < -0.4 is 4.74 Å². The van der Waals surface area contributed by atoms with Gasteiger partial charge in [0.1, 0.15) is 19.0 Å². The van der Waals surface area contributed by atoms with E-state index in [1.165, 1.54) is 6.08 Å². The van der Waals surface area contributed by atoms with Gasteiger partial charge in [-0.15, -0.1) is 0 Å². The molecule has 0 saturated carbocycles. The van der Waals surface area contributed by atoms with E-state index in [0.29, 0.717) is 6.61 Å². The molecule has 4 nitrogen and oxygen atoms in total. The first-order chi connectivity index (χ1) is 12.2. The van der Waals surface area contributed by atoms with Crippen molar-refractivity contribution in [3.8, 4) is 5.75 Å². The van der Waals surface area contributed by atoms with Gasteiger partial charge in [0, 0.05) is 23.2 Å². The van der Waals surface area contributed by atoms with E-state index in [1.807, 2.05) is 61.5 Å². The second kappa shape index (κ2) is 8.11. The predicted molar refractivity (Wildman–Crippen MR) is 98.4 cm³/mol. The third-order valence-corrected chi connectivity index (χ3v) is 3.74. The van der Waals surface area contributed by atoms with E-state index in [9.17, 15) is 4.79 Å². The normalized spacial score (nSPS) is 10.9. The molecule has 3 rings (SSSR count). The van der Waals surface area contributed by atoms with Gasteiger partial charge in [0.25, 0.3) is 0 Å². The van der Waals surface area contributed by atoms with E-state index in [0.717, 1.165) is 27.8 Å². The van der Waals surface area contributed by atoms with Gasteiger partial charge >= 0.3 is 5.97 Å². The van der Waals surface area contributed by atoms with Crippen LogP contribution in [0.2, 0.25) is 0 Å². The van der Waals surface area contributed by atoms with Crippen molar-refractivity contribution in [2.75, 3.05) is 13.2 Å². The Hall–Kier alpha value is -3.14. The van der Waals surface area contributed by atoms with Crippen molar-refractivity contribution in [2.24, 2.45) is 0 Å². The van der Waals surface area contributed by atoms with Crippen molar-refractivity contribution in [2.45, 2.75) is 6.92 Å². The van der Waals surface area contributed by atoms with Crippen LogP contribution in [0.1, 0.15) is 11.1 Å². The van der Waals surface area contributed by atoms with Crippen LogP contribution in [-0.2, 0) is 9.53 Å². The molecule has 1 aromatic heterocycles. The van der Waals surface area contributed by atoms with Crippen LogP contribution in [0.25, 0.3) is 17.0 Å². The minimum absolute atomic E-state index is 0.200. The molecule has 0 fully saturated rings. The lowest BCUT2D eigenvalue weighted by atomic mass is 10.1. The van der Waals surface area contributed by atoms with Crippen LogP contribution in [0.3, 0.4) is 0 Å². The summed E-state index contributed by atoms with van der Waals surface area (Å²) in [5.41, 5.74) is 2.79. The van der Waals surface area contributed by atoms with E-state index in [4.69, 9.17) is 9.47 Å². The van der Waals surface area contributed by atoms with E-state index >= 15 is 0 Å². The molecule has 0 amide bonds. The first-order valence-corrected chi connectivity index (χ1v) is 8.11. The minimum Gasteiger partial charge on any atom is -0.490 e. The van der Waals surface area contributed by atoms with Crippen molar-refractivity contribution in [3.63, 3.8) is 0 Å². The summed E-state index contributed by atoms with van der Waals surface area (Å²) in [5, 5.41) is 1.03. The van der Waals surface area contributed by atoms with Gasteiger partial charge in [-0.3, -0.25) is 4.98 Å². The number of rotatable bonds is 6. The van der Waals surface area contributed by atoms with Gasteiger partial charge in [-0.05, 0) is 30.7 Å². The van der Waals surface area contributed by atoms with Gasteiger partial charge in [0.15, 0.2) is 0 Å². The standard InChI is InChI=1S/C21H19NO3/c1-16-6-2-3-10-19(16)24-14-15-25-20(23)12-11-18-8-4-7-17-9-5-13-22-21(17)18/h2-13H,14-15H2,1H3/b12-11+. The zero-order chi connectivity index (χ0) is 17.5. The van der Waals surface area contributed by atoms with Crippen LogP contribution in [0.4, 0.5) is 0 Å². The highest BCUT2D eigenvalue weighted by molar-refractivity contribution is 5.92. The van der Waals surface area contributed by atoms with Gasteiger partial charge in [0.05, 0.1) is 5.52 Å². The number of carbonyl (C=O) groups is 1. The Morgan fingerprint density at radius 2 is 1.88 bits per heavy atom. The number of esters is 1. The highest BCUT2D eigenvalue weighted by atomic mass is 16.6. The molecular weight excluding hydrogens is 314 g/mol.